The van der Waals surface area contributed by atoms with Gasteiger partial charge in [0.15, 0.2) is 5.78 Å². The quantitative estimate of drug-likeness (QED) is 0.364. The van der Waals surface area contributed by atoms with Crippen LogP contribution in [0.2, 0.25) is 0 Å². The van der Waals surface area contributed by atoms with Crippen LogP contribution in [0.3, 0.4) is 0 Å². The third-order valence-corrected chi connectivity index (χ3v) is 4.58. The standard InChI is InChI=1S/C22H18N2O/c1-2-3-4-12-20(25)18-10-7-11-19-21(15(13-23)14-24)16-8-5-6-9-17(16)22(18)19/h5-11H,2-4,12H2,1H3. The zero-order chi connectivity index (χ0) is 17.8. The van der Waals surface area contributed by atoms with E-state index in [1.807, 2.05) is 54.6 Å². The van der Waals surface area contributed by atoms with Gasteiger partial charge in [0.2, 0.25) is 0 Å². The van der Waals surface area contributed by atoms with Gasteiger partial charge in [-0.25, -0.2) is 0 Å². The van der Waals surface area contributed by atoms with Crippen molar-refractivity contribution in [2.75, 3.05) is 0 Å². The van der Waals surface area contributed by atoms with Crippen LogP contribution in [0.4, 0.5) is 0 Å². The van der Waals surface area contributed by atoms with Gasteiger partial charge in [0.25, 0.3) is 0 Å². The molecule has 0 saturated heterocycles. The van der Waals surface area contributed by atoms with Crippen molar-refractivity contribution in [2.24, 2.45) is 0 Å². The summed E-state index contributed by atoms with van der Waals surface area (Å²) in [6, 6.07) is 17.3. The summed E-state index contributed by atoms with van der Waals surface area (Å²) in [6.45, 7) is 2.11. The number of fused-ring (bicyclic) bond motifs is 3. The molecule has 0 amide bonds. The molecule has 3 nitrogen and oxygen atoms in total. The van der Waals surface area contributed by atoms with Crippen LogP contribution >= 0.6 is 0 Å². The van der Waals surface area contributed by atoms with Crippen LogP contribution in [-0.4, -0.2) is 5.78 Å². The number of ketones is 1. The predicted octanol–water partition coefficient (Wildman–Crippen LogP) is 5.28. The molecule has 25 heavy (non-hydrogen) atoms. The maximum Gasteiger partial charge on any atom is 0.163 e. The van der Waals surface area contributed by atoms with Gasteiger partial charge in [0, 0.05) is 23.1 Å². The number of hydrogen-bond acceptors (Lipinski definition) is 3. The van der Waals surface area contributed by atoms with Gasteiger partial charge in [-0.05, 0) is 23.1 Å². The number of nitrogens with zero attached hydrogens (tertiary/aromatic N) is 2. The van der Waals surface area contributed by atoms with Crippen molar-refractivity contribution in [3.63, 3.8) is 0 Å². The molecule has 0 saturated carbocycles. The van der Waals surface area contributed by atoms with Crippen LogP contribution in [0.5, 0.6) is 0 Å². The lowest BCUT2D eigenvalue weighted by molar-refractivity contribution is 0.0980. The first-order valence-corrected chi connectivity index (χ1v) is 8.53. The Morgan fingerprint density at radius 2 is 1.60 bits per heavy atom. The number of unbranched alkanes of at least 4 members (excludes halogenated alkanes) is 2. The van der Waals surface area contributed by atoms with Crippen molar-refractivity contribution in [1.29, 1.82) is 10.5 Å². The predicted molar refractivity (Wildman–Crippen MR) is 97.6 cm³/mol. The first-order valence-electron chi connectivity index (χ1n) is 8.53. The van der Waals surface area contributed by atoms with Crippen molar-refractivity contribution >= 4 is 11.4 Å². The molecule has 0 aromatic heterocycles. The van der Waals surface area contributed by atoms with Gasteiger partial charge in [0.05, 0.1) is 0 Å². The summed E-state index contributed by atoms with van der Waals surface area (Å²) in [5.74, 6) is 0.122. The first kappa shape index (κ1) is 16.7. The van der Waals surface area contributed by atoms with Gasteiger partial charge in [-0.1, -0.05) is 62.2 Å². The normalized spacial score (nSPS) is 11.2. The topological polar surface area (TPSA) is 64.7 Å². The Morgan fingerprint density at radius 1 is 0.920 bits per heavy atom. The minimum Gasteiger partial charge on any atom is -0.294 e. The van der Waals surface area contributed by atoms with Crippen molar-refractivity contribution in [3.8, 4) is 23.3 Å². The second-order valence-electron chi connectivity index (χ2n) is 6.13. The lowest BCUT2D eigenvalue weighted by Gasteiger charge is -2.08. The van der Waals surface area contributed by atoms with E-state index in [2.05, 4.69) is 6.92 Å². The second-order valence-corrected chi connectivity index (χ2v) is 6.13. The van der Waals surface area contributed by atoms with Gasteiger partial charge < -0.3 is 0 Å². The highest BCUT2D eigenvalue weighted by Crippen LogP contribution is 2.47. The Morgan fingerprint density at radius 3 is 2.28 bits per heavy atom. The van der Waals surface area contributed by atoms with E-state index in [9.17, 15) is 15.3 Å². The molecule has 1 aliphatic carbocycles. The average molecular weight is 326 g/mol. The second kappa shape index (κ2) is 7.16. The van der Waals surface area contributed by atoms with Crippen molar-refractivity contribution in [2.45, 2.75) is 32.6 Å². The fourth-order valence-corrected chi connectivity index (χ4v) is 3.42. The molecule has 0 N–H and O–H groups in total. The van der Waals surface area contributed by atoms with Crippen LogP contribution < -0.4 is 0 Å². The highest BCUT2D eigenvalue weighted by Gasteiger charge is 2.29. The molecule has 2 aromatic carbocycles. The number of carbonyl (C=O) groups excluding carboxylic acids is 1. The number of rotatable bonds is 5. The summed E-state index contributed by atoms with van der Waals surface area (Å²) in [5, 5.41) is 18.7. The molecule has 0 aliphatic heterocycles. The zero-order valence-electron chi connectivity index (χ0n) is 14.2. The average Bonchev–Trinajstić information content (AvgIpc) is 2.98. The fraction of sp³-hybridized carbons (Fsp3) is 0.227. The number of carbonyl (C=O) groups is 1. The van der Waals surface area contributed by atoms with E-state index >= 15 is 0 Å². The minimum atomic E-state index is 0.0850. The molecule has 0 atom stereocenters. The van der Waals surface area contributed by atoms with Crippen molar-refractivity contribution in [3.05, 3.63) is 64.7 Å². The summed E-state index contributed by atoms with van der Waals surface area (Å²) in [4.78, 5) is 12.8. The van der Waals surface area contributed by atoms with E-state index < -0.39 is 0 Å². The molecule has 0 spiro atoms. The Balaban J connectivity index is 2.21. The van der Waals surface area contributed by atoms with E-state index in [1.54, 1.807) is 0 Å². The van der Waals surface area contributed by atoms with Gasteiger partial charge in [-0.2, -0.15) is 10.5 Å². The lowest BCUT2D eigenvalue weighted by Crippen LogP contribution is -2.02. The molecule has 2 aromatic rings. The molecule has 0 bridgehead atoms. The van der Waals surface area contributed by atoms with E-state index in [0.29, 0.717) is 17.6 Å². The Hall–Kier alpha value is -3.17. The van der Waals surface area contributed by atoms with Crippen LogP contribution in [0.15, 0.2) is 48.0 Å². The molecule has 3 rings (SSSR count). The van der Waals surface area contributed by atoms with Crippen LogP contribution in [0, 0.1) is 22.7 Å². The summed E-state index contributed by atoms with van der Waals surface area (Å²) >= 11 is 0. The highest BCUT2D eigenvalue weighted by molar-refractivity contribution is 6.12. The maximum absolute atomic E-state index is 12.8. The number of Topliss-reactive ketones (excluding diaryl/α,β-unsaturated/α-hetero) is 1. The van der Waals surface area contributed by atoms with E-state index in [4.69, 9.17) is 0 Å². The monoisotopic (exact) mass is 326 g/mol. The molecule has 0 radical (unpaired) electrons. The first-order chi connectivity index (χ1) is 12.2. The highest BCUT2D eigenvalue weighted by atomic mass is 16.1. The van der Waals surface area contributed by atoms with Crippen LogP contribution in [0.25, 0.3) is 16.7 Å². The Labute approximate surface area is 147 Å². The number of allylic oxidation sites excluding steroid dienone is 1. The smallest absolute Gasteiger partial charge is 0.163 e. The summed E-state index contributed by atoms with van der Waals surface area (Å²) in [7, 11) is 0. The van der Waals surface area contributed by atoms with E-state index in [-0.39, 0.29) is 11.4 Å². The summed E-state index contributed by atoms with van der Waals surface area (Å²) in [5.41, 5.74) is 4.85. The largest absolute Gasteiger partial charge is 0.294 e. The lowest BCUT2D eigenvalue weighted by atomic mass is 9.93. The molecule has 0 unspecified atom stereocenters. The molecular formula is C22H18N2O. The fourth-order valence-electron chi connectivity index (χ4n) is 3.42. The zero-order valence-corrected chi connectivity index (χ0v) is 14.2. The van der Waals surface area contributed by atoms with Crippen LogP contribution in [0.1, 0.15) is 54.1 Å². The van der Waals surface area contributed by atoms with Crippen molar-refractivity contribution in [1.82, 2.24) is 0 Å². The third-order valence-electron chi connectivity index (χ3n) is 4.58. The summed E-state index contributed by atoms with van der Waals surface area (Å²) in [6.07, 6.45) is 3.51. The summed E-state index contributed by atoms with van der Waals surface area (Å²) < 4.78 is 0. The number of hydrogen-bond donors (Lipinski definition) is 0. The van der Waals surface area contributed by atoms with Gasteiger partial charge in [0.1, 0.15) is 17.7 Å². The van der Waals surface area contributed by atoms with Crippen molar-refractivity contribution < 1.29 is 4.79 Å². The molecule has 0 heterocycles. The maximum atomic E-state index is 12.8. The number of nitriles is 2. The number of benzene rings is 2. The molecular weight excluding hydrogens is 308 g/mol. The third kappa shape index (κ3) is 2.86. The Kier molecular flexibility index (Phi) is 4.78. The van der Waals surface area contributed by atoms with Gasteiger partial charge in [-0.15, -0.1) is 0 Å². The van der Waals surface area contributed by atoms with E-state index in [1.165, 1.54) is 0 Å². The molecule has 3 heteroatoms. The van der Waals surface area contributed by atoms with Crippen LogP contribution in [-0.2, 0) is 0 Å². The minimum absolute atomic E-state index is 0.0850. The molecule has 122 valence electrons. The van der Waals surface area contributed by atoms with Gasteiger partial charge in [-0.3, -0.25) is 4.79 Å². The molecule has 1 aliphatic rings. The SMILES string of the molecule is CCCCCC(=O)c1cccc2c1-c1ccccc1C2=C(C#N)C#N. The van der Waals surface area contributed by atoms with E-state index in [0.717, 1.165) is 41.5 Å². The van der Waals surface area contributed by atoms with Gasteiger partial charge >= 0.3 is 0 Å². The molecule has 0 fully saturated rings. The Bertz CT molecular complexity index is 939.